The van der Waals surface area contributed by atoms with Gasteiger partial charge in [-0.3, -0.25) is 0 Å². The van der Waals surface area contributed by atoms with Crippen molar-refractivity contribution in [3.05, 3.63) is 0 Å². The van der Waals surface area contributed by atoms with E-state index in [1.807, 2.05) is 0 Å². The zero-order chi connectivity index (χ0) is 41.8. The molecule has 0 aliphatic heterocycles. The fourth-order valence-corrected chi connectivity index (χ4v) is 8.85. The summed E-state index contributed by atoms with van der Waals surface area (Å²) in [6, 6.07) is 0. The van der Waals surface area contributed by atoms with Crippen LogP contribution in [0.4, 0.5) is 0 Å². The van der Waals surface area contributed by atoms with Gasteiger partial charge in [-0.15, -0.1) is 0 Å². The Morgan fingerprint density at radius 3 is 0.655 bits per heavy atom. The van der Waals surface area contributed by atoms with Crippen LogP contribution in [0.3, 0.4) is 0 Å². The van der Waals surface area contributed by atoms with Gasteiger partial charge in [0, 0.05) is 13.2 Å². The smallest absolute Gasteiger partial charge is 0.104 e. The molecule has 0 fully saturated rings. The highest BCUT2D eigenvalue weighted by atomic mass is 16.5. The largest absolute Gasteiger partial charge is 0.394 e. The summed E-state index contributed by atoms with van der Waals surface area (Å²) in [5.41, 5.74) is 0. The molecule has 0 spiro atoms. The van der Waals surface area contributed by atoms with Gasteiger partial charge in [-0.25, -0.2) is 0 Å². The van der Waals surface area contributed by atoms with Crippen molar-refractivity contribution in [2.75, 3.05) is 26.4 Å². The van der Waals surface area contributed by atoms with Crippen molar-refractivity contribution >= 4 is 0 Å². The maximum absolute atomic E-state index is 9.70. The first kappa shape index (κ1) is 57.9. The maximum atomic E-state index is 9.70. The van der Waals surface area contributed by atoms with Gasteiger partial charge in [0.15, 0.2) is 0 Å². The van der Waals surface area contributed by atoms with E-state index >= 15 is 0 Å². The van der Waals surface area contributed by atoms with Gasteiger partial charge < -0.3 is 14.6 Å². The Morgan fingerprint density at radius 2 is 0.448 bits per heavy atom. The van der Waals surface area contributed by atoms with Gasteiger partial charge in [-0.2, -0.15) is 0 Å². The summed E-state index contributed by atoms with van der Waals surface area (Å²) < 4.78 is 11.8. The van der Waals surface area contributed by atoms with Gasteiger partial charge in [0.05, 0.1) is 13.2 Å². The minimum Gasteiger partial charge on any atom is -0.394 e. The average molecular weight is 821 g/mol. The highest BCUT2D eigenvalue weighted by molar-refractivity contribution is 4.57. The lowest BCUT2D eigenvalue weighted by Gasteiger charge is -2.15. The minimum atomic E-state index is -0.154. The standard InChI is InChI=1S/C55H112O3/c1-3-5-7-9-11-13-15-17-19-21-23-25-27-29-31-33-35-37-39-41-43-45-47-49-51-57-54-55(53-56)58-52-50-48-46-44-42-40-38-36-34-32-30-28-26-24-22-20-18-16-14-12-10-8-6-4-2/h55-56H,3-54H2,1-2H3/t55-/m0/s1. The van der Waals surface area contributed by atoms with Crippen molar-refractivity contribution in [2.24, 2.45) is 0 Å². The Bertz CT molecular complexity index is 682. The second kappa shape index (κ2) is 54.9. The number of aliphatic hydroxyl groups is 1. The quantitative estimate of drug-likeness (QED) is 0.0621. The zero-order valence-electron chi connectivity index (χ0n) is 40.6. The van der Waals surface area contributed by atoms with Crippen LogP contribution >= 0.6 is 0 Å². The van der Waals surface area contributed by atoms with Gasteiger partial charge in [0.25, 0.3) is 0 Å². The van der Waals surface area contributed by atoms with E-state index in [9.17, 15) is 5.11 Å². The molecule has 0 saturated heterocycles. The molecule has 0 saturated carbocycles. The lowest BCUT2D eigenvalue weighted by Crippen LogP contribution is -2.24. The monoisotopic (exact) mass is 821 g/mol. The minimum absolute atomic E-state index is 0.0683. The van der Waals surface area contributed by atoms with Gasteiger partial charge in [0.1, 0.15) is 6.10 Å². The Kier molecular flexibility index (Phi) is 54.8. The van der Waals surface area contributed by atoms with Crippen molar-refractivity contribution in [3.8, 4) is 0 Å². The SMILES string of the molecule is CCCCCCCCCCCCCCCCCCCCCCCCCCOC[C@H](CO)OCCCCCCCCCCCCCCCCCCCCCCCCCC. The molecule has 0 aromatic carbocycles. The molecule has 0 bridgehead atoms. The summed E-state index contributed by atoms with van der Waals surface area (Å²) in [6.07, 6.45) is 68.1. The highest BCUT2D eigenvalue weighted by Crippen LogP contribution is 2.18. The van der Waals surface area contributed by atoms with E-state index in [0.717, 1.165) is 26.1 Å². The van der Waals surface area contributed by atoms with E-state index in [2.05, 4.69) is 13.8 Å². The fraction of sp³-hybridized carbons (Fsp3) is 1.00. The summed E-state index contributed by atoms with van der Waals surface area (Å²) in [6.45, 7) is 6.78. The molecular weight excluding hydrogens is 709 g/mol. The molecule has 1 atom stereocenters. The molecule has 350 valence electrons. The highest BCUT2D eigenvalue weighted by Gasteiger charge is 2.08. The summed E-state index contributed by atoms with van der Waals surface area (Å²) in [5.74, 6) is 0. The normalized spacial score (nSPS) is 12.3. The second-order valence-corrected chi connectivity index (χ2v) is 19.0. The molecule has 0 rings (SSSR count). The van der Waals surface area contributed by atoms with E-state index in [1.54, 1.807) is 0 Å². The lowest BCUT2D eigenvalue weighted by molar-refractivity contribution is -0.0437. The molecule has 0 heterocycles. The summed E-state index contributed by atoms with van der Waals surface area (Å²) in [5, 5.41) is 9.70. The molecule has 3 heteroatoms. The van der Waals surface area contributed by atoms with Crippen LogP contribution < -0.4 is 0 Å². The molecular formula is C55H112O3. The Hall–Kier alpha value is -0.120. The third kappa shape index (κ3) is 52.0. The van der Waals surface area contributed by atoms with Crippen molar-refractivity contribution in [3.63, 3.8) is 0 Å². The first-order valence-electron chi connectivity index (χ1n) is 27.6. The van der Waals surface area contributed by atoms with Crippen LogP contribution in [0, 0.1) is 0 Å². The number of ether oxygens (including phenoxy) is 2. The molecule has 58 heavy (non-hydrogen) atoms. The molecule has 0 aliphatic rings. The predicted octanol–water partition coefficient (Wildman–Crippen LogP) is 19.1. The van der Waals surface area contributed by atoms with E-state index in [4.69, 9.17) is 9.47 Å². The first-order chi connectivity index (χ1) is 28.8. The van der Waals surface area contributed by atoms with Gasteiger partial charge in [0.2, 0.25) is 0 Å². The van der Waals surface area contributed by atoms with Crippen LogP contribution in [0.25, 0.3) is 0 Å². The topological polar surface area (TPSA) is 38.7 Å². The molecule has 0 aromatic heterocycles. The lowest BCUT2D eigenvalue weighted by atomic mass is 10.0. The first-order valence-corrected chi connectivity index (χ1v) is 27.6. The van der Waals surface area contributed by atoms with Crippen molar-refractivity contribution in [2.45, 2.75) is 328 Å². The predicted molar refractivity (Wildman–Crippen MR) is 261 cm³/mol. The number of unbranched alkanes of at least 4 members (excludes halogenated alkanes) is 46. The van der Waals surface area contributed by atoms with Crippen LogP contribution in [-0.4, -0.2) is 37.6 Å². The molecule has 3 nitrogen and oxygen atoms in total. The average Bonchev–Trinajstić information content (AvgIpc) is 3.24. The second-order valence-electron chi connectivity index (χ2n) is 19.0. The van der Waals surface area contributed by atoms with Crippen LogP contribution in [0.5, 0.6) is 0 Å². The van der Waals surface area contributed by atoms with E-state index in [-0.39, 0.29) is 12.7 Å². The molecule has 0 radical (unpaired) electrons. The molecule has 1 N–H and O–H groups in total. The third-order valence-corrected chi connectivity index (χ3v) is 13.0. The Morgan fingerprint density at radius 1 is 0.259 bits per heavy atom. The molecule has 0 aromatic rings. The van der Waals surface area contributed by atoms with Crippen LogP contribution in [-0.2, 0) is 9.47 Å². The van der Waals surface area contributed by atoms with Gasteiger partial charge >= 0.3 is 0 Å². The molecule has 0 amide bonds. The van der Waals surface area contributed by atoms with Crippen LogP contribution in [0.15, 0.2) is 0 Å². The van der Waals surface area contributed by atoms with Crippen LogP contribution in [0.2, 0.25) is 0 Å². The van der Waals surface area contributed by atoms with Crippen molar-refractivity contribution in [1.29, 1.82) is 0 Å². The van der Waals surface area contributed by atoms with Crippen LogP contribution in [0.1, 0.15) is 322 Å². The van der Waals surface area contributed by atoms with E-state index in [0.29, 0.717) is 6.61 Å². The Labute approximate surface area is 367 Å². The zero-order valence-corrected chi connectivity index (χ0v) is 40.6. The third-order valence-electron chi connectivity index (χ3n) is 13.0. The maximum Gasteiger partial charge on any atom is 0.104 e. The Balaban J connectivity index is 3.22. The summed E-state index contributed by atoms with van der Waals surface area (Å²) in [4.78, 5) is 0. The summed E-state index contributed by atoms with van der Waals surface area (Å²) >= 11 is 0. The number of hydrogen-bond acceptors (Lipinski definition) is 3. The van der Waals surface area contributed by atoms with E-state index in [1.165, 1.54) is 295 Å². The fourth-order valence-electron chi connectivity index (χ4n) is 8.85. The van der Waals surface area contributed by atoms with Crippen molar-refractivity contribution < 1.29 is 14.6 Å². The molecule has 0 aliphatic carbocycles. The number of aliphatic hydroxyl groups excluding tert-OH is 1. The molecule has 0 unspecified atom stereocenters. The van der Waals surface area contributed by atoms with Crippen molar-refractivity contribution in [1.82, 2.24) is 0 Å². The number of hydrogen-bond donors (Lipinski definition) is 1. The summed E-state index contributed by atoms with van der Waals surface area (Å²) in [7, 11) is 0. The van der Waals surface area contributed by atoms with Gasteiger partial charge in [-0.1, -0.05) is 309 Å². The number of rotatable bonds is 54. The van der Waals surface area contributed by atoms with E-state index < -0.39 is 0 Å². The van der Waals surface area contributed by atoms with Gasteiger partial charge in [-0.05, 0) is 12.8 Å².